The van der Waals surface area contributed by atoms with Crippen LogP contribution in [0.4, 0.5) is 11.4 Å². The standard InChI is InChI=1S/C36H55NO/c1-11-26(8)27(12-2)18-21-30(13-3)37-31-22-19-28(35(9,14-4)15-5)24-33(31)38-34-25-29(20-23-32(34)37)36(10,16-6)17-7/h19-27H,11-18H2,1-10H3/b30-21+/t26-,27?/m1/s1. The number of hydrogen-bond acceptors (Lipinski definition) is 2. The molecule has 1 aliphatic rings. The molecular formula is C36H55NO. The molecule has 1 unspecified atom stereocenters. The van der Waals surface area contributed by atoms with E-state index in [4.69, 9.17) is 4.74 Å². The molecule has 0 saturated carbocycles. The van der Waals surface area contributed by atoms with Crippen LogP contribution in [0.1, 0.15) is 132 Å². The lowest BCUT2D eigenvalue weighted by Crippen LogP contribution is -2.24. The fraction of sp³-hybridized carbons (Fsp3) is 0.611. The summed E-state index contributed by atoms with van der Waals surface area (Å²) >= 11 is 0. The summed E-state index contributed by atoms with van der Waals surface area (Å²) in [6.45, 7) is 23.3. The molecule has 210 valence electrons. The third kappa shape index (κ3) is 5.85. The van der Waals surface area contributed by atoms with Gasteiger partial charge < -0.3 is 9.64 Å². The Morgan fingerprint density at radius 3 is 1.61 bits per heavy atom. The smallest absolute Gasteiger partial charge is 0.151 e. The van der Waals surface area contributed by atoms with E-state index >= 15 is 0 Å². The van der Waals surface area contributed by atoms with Crippen LogP contribution in [0.15, 0.2) is 48.2 Å². The number of allylic oxidation sites excluding steroid dienone is 2. The highest BCUT2D eigenvalue weighted by molar-refractivity contribution is 5.82. The first-order chi connectivity index (χ1) is 18.1. The van der Waals surface area contributed by atoms with Gasteiger partial charge in [0.2, 0.25) is 0 Å². The van der Waals surface area contributed by atoms with Crippen LogP contribution in [0.25, 0.3) is 0 Å². The van der Waals surface area contributed by atoms with Gasteiger partial charge in [0.15, 0.2) is 11.5 Å². The van der Waals surface area contributed by atoms with Crippen LogP contribution in [-0.2, 0) is 10.8 Å². The van der Waals surface area contributed by atoms with Crippen LogP contribution in [0, 0.1) is 11.8 Å². The maximum absolute atomic E-state index is 6.79. The van der Waals surface area contributed by atoms with Crippen molar-refractivity contribution in [2.45, 2.75) is 131 Å². The van der Waals surface area contributed by atoms with Crippen molar-refractivity contribution in [1.82, 2.24) is 0 Å². The van der Waals surface area contributed by atoms with E-state index in [1.54, 1.807) is 0 Å². The summed E-state index contributed by atoms with van der Waals surface area (Å²) in [5.74, 6) is 3.44. The van der Waals surface area contributed by atoms with Crippen molar-refractivity contribution in [1.29, 1.82) is 0 Å². The largest absolute Gasteiger partial charge is 0.453 e. The minimum absolute atomic E-state index is 0.155. The first kappa shape index (κ1) is 30.3. The molecule has 2 aromatic carbocycles. The zero-order valence-electron chi connectivity index (χ0n) is 26.2. The quantitative estimate of drug-likeness (QED) is 0.262. The first-order valence-corrected chi connectivity index (χ1v) is 15.6. The van der Waals surface area contributed by atoms with Crippen LogP contribution in [0.2, 0.25) is 0 Å². The monoisotopic (exact) mass is 517 g/mol. The lowest BCUT2D eigenvalue weighted by atomic mass is 9.77. The summed E-state index contributed by atoms with van der Waals surface area (Å²) in [4.78, 5) is 2.50. The van der Waals surface area contributed by atoms with Crippen LogP contribution in [0.3, 0.4) is 0 Å². The van der Waals surface area contributed by atoms with E-state index in [2.05, 4.69) is 117 Å². The predicted molar refractivity (Wildman–Crippen MR) is 167 cm³/mol. The van der Waals surface area contributed by atoms with Crippen molar-refractivity contribution in [2.24, 2.45) is 11.8 Å². The van der Waals surface area contributed by atoms with Gasteiger partial charge >= 0.3 is 0 Å². The average Bonchev–Trinajstić information content (AvgIpc) is 2.96. The van der Waals surface area contributed by atoms with Crippen molar-refractivity contribution in [3.8, 4) is 11.5 Å². The minimum Gasteiger partial charge on any atom is -0.453 e. The van der Waals surface area contributed by atoms with Gasteiger partial charge in [-0.15, -0.1) is 0 Å². The molecule has 2 nitrogen and oxygen atoms in total. The number of ether oxygens (including phenoxy) is 1. The number of rotatable bonds is 13. The molecule has 0 saturated heterocycles. The van der Waals surface area contributed by atoms with Crippen molar-refractivity contribution in [2.75, 3.05) is 4.90 Å². The number of nitrogens with zero attached hydrogens (tertiary/aromatic N) is 1. The SMILES string of the molecule is CC/C(=C\CC(CC)[C@H](C)CC)N1c2ccc(C(C)(CC)CC)cc2Oc2cc(C(C)(CC)CC)ccc21. The highest BCUT2D eigenvalue weighted by atomic mass is 16.5. The summed E-state index contributed by atoms with van der Waals surface area (Å²) < 4.78 is 6.79. The third-order valence-electron chi connectivity index (χ3n) is 10.4. The van der Waals surface area contributed by atoms with Gasteiger partial charge in [-0.1, -0.05) is 100 Å². The minimum atomic E-state index is 0.155. The highest BCUT2D eigenvalue weighted by Gasteiger charge is 2.32. The third-order valence-corrected chi connectivity index (χ3v) is 10.4. The molecule has 2 heteroatoms. The number of benzene rings is 2. The molecule has 0 aromatic heterocycles. The summed E-state index contributed by atoms with van der Waals surface area (Å²) in [6, 6.07) is 13.9. The Bertz CT molecular complexity index is 1020. The Labute approximate surface area is 234 Å². The zero-order chi connectivity index (χ0) is 28.1. The molecule has 2 aromatic rings. The van der Waals surface area contributed by atoms with Crippen LogP contribution < -0.4 is 9.64 Å². The van der Waals surface area contributed by atoms with Gasteiger partial charge in [-0.3, -0.25) is 0 Å². The molecule has 0 aliphatic carbocycles. The molecular weight excluding hydrogens is 462 g/mol. The molecule has 0 N–H and O–H groups in total. The zero-order valence-corrected chi connectivity index (χ0v) is 26.2. The summed E-state index contributed by atoms with van der Waals surface area (Å²) in [6.07, 6.45) is 11.6. The predicted octanol–water partition coefficient (Wildman–Crippen LogP) is 11.8. The lowest BCUT2D eigenvalue weighted by molar-refractivity contribution is 0.340. The summed E-state index contributed by atoms with van der Waals surface area (Å²) in [5, 5.41) is 0. The number of fused-ring (bicyclic) bond motifs is 2. The van der Waals surface area contributed by atoms with E-state index < -0.39 is 0 Å². The van der Waals surface area contributed by atoms with E-state index in [-0.39, 0.29) is 10.8 Å². The maximum Gasteiger partial charge on any atom is 0.151 e. The molecule has 0 spiro atoms. The Morgan fingerprint density at radius 2 is 1.24 bits per heavy atom. The lowest BCUT2D eigenvalue weighted by Gasteiger charge is -2.37. The molecule has 0 amide bonds. The van der Waals surface area contributed by atoms with Gasteiger partial charge in [0.05, 0.1) is 11.4 Å². The molecule has 0 bridgehead atoms. The average molecular weight is 518 g/mol. The van der Waals surface area contributed by atoms with Crippen LogP contribution >= 0.6 is 0 Å². The van der Waals surface area contributed by atoms with Gasteiger partial charge in [0.25, 0.3) is 0 Å². The van der Waals surface area contributed by atoms with E-state index in [0.29, 0.717) is 0 Å². The van der Waals surface area contributed by atoms with Gasteiger partial charge in [-0.2, -0.15) is 0 Å². The summed E-state index contributed by atoms with van der Waals surface area (Å²) in [7, 11) is 0. The maximum atomic E-state index is 6.79. The molecule has 1 aliphatic heterocycles. The van der Waals surface area contributed by atoms with Gasteiger partial charge in [-0.25, -0.2) is 0 Å². The van der Waals surface area contributed by atoms with Crippen molar-refractivity contribution < 1.29 is 4.74 Å². The van der Waals surface area contributed by atoms with Gasteiger partial charge in [0.1, 0.15) is 0 Å². The Morgan fingerprint density at radius 1 is 0.763 bits per heavy atom. The second kappa shape index (κ2) is 12.8. The van der Waals surface area contributed by atoms with E-state index in [0.717, 1.165) is 61.9 Å². The number of hydrogen-bond donors (Lipinski definition) is 0. The van der Waals surface area contributed by atoms with Crippen LogP contribution in [0.5, 0.6) is 11.5 Å². The van der Waals surface area contributed by atoms with Crippen LogP contribution in [-0.4, -0.2) is 0 Å². The highest BCUT2D eigenvalue weighted by Crippen LogP contribution is 2.52. The Balaban J connectivity index is 2.18. The van der Waals surface area contributed by atoms with Crippen molar-refractivity contribution in [3.05, 3.63) is 59.3 Å². The molecule has 2 atom stereocenters. The Hall–Kier alpha value is -2.22. The van der Waals surface area contributed by atoms with Crippen molar-refractivity contribution >= 4 is 11.4 Å². The van der Waals surface area contributed by atoms with E-state index in [1.807, 2.05) is 0 Å². The summed E-state index contributed by atoms with van der Waals surface area (Å²) in [5.41, 5.74) is 6.77. The Kier molecular flexibility index (Phi) is 10.2. The molecule has 3 rings (SSSR count). The topological polar surface area (TPSA) is 12.5 Å². The van der Waals surface area contributed by atoms with Crippen molar-refractivity contribution in [3.63, 3.8) is 0 Å². The normalized spacial score (nSPS) is 15.5. The van der Waals surface area contributed by atoms with Gasteiger partial charge in [-0.05, 0) is 96.6 Å². The first-order valence-electron chi connectivity index (χ1n) is 15.6. The second-order valence-electron chi connectivity index (χ2n) is 12.2. The second-order valence-corrected chi connectivity index (χ2v) is 12.2. The molecule has 0 fully saturated rings. The molecule has 0 radical (unpaired) electrons. The molecule has 38 heavy (non-hydrogen) atoms. The van der Waals surface area contributed by atoms with E-state index in [9.17, 15) is 0 Å². The van der Waals surface area contributed by atoms with Gasteiger partial charge in [0, 0.05) is 5.70 Å². The number of anilines is 2. The molecule has 1 heterocycles. The van der Waals surface area contributed by atoms with E-state index in [1.165, 1.54) is 41.0 Å². The fourth-order valence-electron chi connectivity index (χ4n) is 6.00. The fourth-order valence-corrected chi connectivity index (χ4v) is 6.00.